The molecule has 1 aliphatic carbocycles. The molecule has 4 aromatic rings. The summed E-state index contributed by atoms with van der Waals surface area (Å²) in [6.07, 6.45) is 0. The molecule has 0 spiro atoms. The second-order valence-electron chi connectivity index (χ2n) is 7.87. The molecular weight excluding hydrogens is 368 g/mol. The van der Waals surface area contributed by atoms with E-state index < -0.39 is 0 Å². The molecule has 0 heterocycles. The molecule has 1 N–H and O–H groups in total. The van der Waals surface area contributed by atoms with Gasteiger partial charge in [-0.25, -0.2) is 0 Å². The van der Waals surface area contributed by atoms with Gasteiger partial charge < -0.3 is 9.84 Å². The molecule has 2 heteroatoms. The van der Waals surface area contributed by atoms with E-state index >= 15 is 0 Å². The van der Waals surface area contributed by atoms with Crippen LogP contribution in [0.15, 0.2) is 103 Å². The first-order valence-electron chi connectivity index (χ1n) is 10.3. The topological polar surface area (TPSA) is 29.5 Å². The van der Waals surface area contributed by atoms with E-state index in [1.807, 2.05) is 12.1 Å². The first kappa shape index (κ1) is 18.5. The van der Waals surface area contributed by atoms with Gasteiger partial charge >= 0.3 is 0 Å². The Morgan fingerprint density at radius 2 is 1.03 bits per heavy atom. The van der Waals surface area contributed by atoms with Gasteiger partial charge in [0.15, 0.2) is 11.5 Å². The number of benzene rings is 4. The van der Waals surface area contributed by atoms with Crippen molar-refractivity contribution in [1.29, 1.82) is 0 Å². The fourth-order valence-corrected chi connectivity index (χ4v) is 5.04. The smallest absolute Gasteiger partial charge is 0.160 e. The average Bonchev–Trinajstić information content (AvgIpc) is 3.14. The number of hydrogen-bond acceptors (Lipinski definition) is 2. The summed E-state index contributed by atoms with van der Waals surface area (Å²) in [5.74, 6) is 1.25. The number of fused-ring (bicyclic) bond motifs is 1. The SMILES string of the molecule is COc1cc2c(cc1O)[C@@H](c1ccccc1)[C@H](c1ccccc1)[C@H]2c1ccccc1. The number of phenols is 1. The van der Waals surface area contributed by atoms with Crippen molar-refractivity contribution in [1.82, 2.24) is 0 Å². The summed E-state index contributed by atoms with van der Waals surface area (Å²) in [4.78, 5) is 0. The average molecular weight is 392 g/mol. The highest BCUT2D eigenvalue weighted by molar-refractivity contribution is 5.60. The number of aromatic hydroxyl groups is 1. The van der Waals surface area contributed by atoms with Crippen LogP contribution >= 0.6 is 0 Å². The maximum absolute atomic E-state index is 10.6. The highest BCUT2D eigenvalue weighted by Crippen LogP contribution is 2.58. The van der Waals surface area contributed by atoms with Crippen LogP contribution in [0, 0.1) is 0 Å². The molecule has 3 atom stereocenters. The Labute approximate surface area is 177 Å². The maximum atomic E-state index is 10.6. The van der Waals surface area contributed by atoms with Crippen molar-refractivity contribution >= 4 is 0 Å². The van der Waals surface area contributed by atoms with Crippen LogP contribution in [0.5, 0.6) is 11.5 Å². The Balaban J connectivity index is 1.80. The minimum Gasteiger partial charge on any atom is -0.504 e. The van der Waals surface area contributed by atoms with Crippen LogP contribution in [0.1, 0.15) is 45.6 Å². The molecule has 0 bridgehead atoms. The first-order chi connectivity index (χ1) is 14.8. The third-order valence-corrected chi connectivity index (χ3v) is 6.27. The van der Waals surface area contributed by atoms with Crippen LogP contribution < -0.4 is 4.74 Å². The molecule has 0 amide bonds. The zero-order valence-corrected chi connectivity index (χ0v) is 16.9. The normalized spacial score (nSPS) is 20.0. The number of methoxy groups -OCH3 is 1. The van der Waals surface area contributed by atoms with Crippen LogP contribution in [0.2, 0.25) is 0 Å². The van der Waals surface area contributed by atoms with Crippen molar-refractivity contribution in [2.75, 3.05) is 7.11 Å². The summed E-state index contributed by atoms with van der Waals surface area (Å²) in [5.41, 5.74) is 6.23. The molecule has 0 aliphatic heterocycles. The lowest BCUT2D eigenvalue weighted by atomic mass is 9.75. The highest BCUT2D eigenvalue weighted by Gasteiger charge is 2.43. The van der Waals surface area contributed by atoms with E-state index in [0.29, 0.717) is 5.75 Å². The van der Waals surface area contributed by atoms with Crippen LogP contribution in [0.3, 0.4) is 0 Å². The molecule has 0 saturated heterocycles. The van der Waals surface area contributed by atoms with Gasteiger partial charge in [-0.15, -0.1) is 0 Å². The zero-order chi connectivity index (χ0) is 20.5. The van der Waals surface area contributed by atoms with Gasteiger partial charge in [-0.2, -0.15) is 0 Å². The van der Waals surface area contributed by atoms with Crippen LogP contribution in [0.4, 0.5) is 0 Å². The third kappa shape index (κ3) is 3.05. The fourth-order valence-electron chi connectivity index (χ4n) is 5.04. The highest BCUT2D eigenvalue weighted by atomic mass is 16.5. The van der Waals surface area contributed by atoms with Crippen molar-refractivity contribution < 1.29 is 9.84 Å². The molecule has 148 valence electrons. The standard InChI is InChI=1S/C28H24O2/c1-30-25-18-23-22(17-24(25)29)26(19-11-5-2-6-12-19)28(21-15-9-4-10-16-21)27(23)20-13-7-3-8-14-20/h2-18,26-29H,1H3/t26-,27+,28+/m1/s1. The van der Waals surface area contributed by atoms with E-state index in [2.05, 4.69) is 91.0 Å². The lowest BCUT2D eigenvalue weighted by Gasteiger charge is -2.27. The van der Waals surface area contributed by atoms with Crippen molar-refractivity contribution in [3.63, 3.8) is 0 Å². The molecule has 0 aromatic heterocycles. The summed E-state index contributed by atoms with van der Waals surface area (Å²) >= 11 is 0. The first-order valence-corrected chi connectivity index (χ1v) is 10.3. The Kier molecular flexibility index (Phi) is 4.76. The minimum atomic E-state index is 0.144. The lowest BCUT2D eigenvalue weighted by molar-refractivity contribution is 0.372. The Bertz CT molecular complexity index is 1140. The Hall–Kier alpha value is -3.52. The predicted molar refractivity (Wildman–Crippen MR) is 120 cm³/mol. The number of hydrogen-bond donors (Lipinski definition) is 1. The molecule has 30 heavy (non-hydrogen) atoms. The molecular formula is C28H24O2. The third-order valence-electron chi connectivity index (χ3n) is 6.27. The van der Waals surface area contributed by atoms with E-state index in [0.717, 1.165) is 0 Å². The summed E-state index contributed by atoms with van der Waals surface area (Å²) < 4.78 is 5.49. The van der Waals surface area contributed by atoms with Crippen molar-refractivity contribution in [3.8, 4) is 11.5 Å². The van der Waals surface area contributed by atoms with Gasteiger partial charge in [-0.05, 0) is 39.9 Å². The summed E-state index contributed by atoms with van der Waals surface area (Å²) in [5, 5.41) is 10.6. The Morgan fingerprint density at radius 3 is 1.50 bits per heavy atom. The monoisotopic (exact) mass is 392 g/mol. The largest absolute Gasteiger partial charge is 0.504 e. The van der Waals surface area contributed by atoms with Crippen molar-refractivity contribution in [2.24, 2.45) is 0 Å². The second kappa shape index (κ2) is 7.72. The molecule has 0 fully saturated rings. The van der Waals surface area contributed by atoms with Crippen molar-refractivity contribution in [3.05, 3.63) is 131 Å². The Morgan fingerprint density at radius 1 is 0.600 bits per heavy atom. The van der Waals surface area contributed by atoms with Gasteiger partial charge in [-0.1, -0.05) is 91.0 Å². The molecule has 0 unspecified atom stereocenters. The maximum Gasteiger partial charge on any atom is 0.160 e. The molecule has 4 aromatic carbocycles. The van der Waals surface area contributed by atoms with Gasteiger partial charge in [0, 0.05) is 17.8 Å². The summed E-state index contributed by atoms with van der Waals surface area (Å²) in [6.45, 7) is 0. The van der Waals surface area contributed by atoms with E-state index in [9.17, 15) is 5.11 Å². The van der Waals surface area contributed by atoms with E-state index in [-0.39, 0.29) is 23.5 Å². The predicted octanol–water partition coefficient (Wildman–Crippen LogP) is 6.46. The number of ether oxygens (including phenoxy) is 1. The van der Waals surface area contributed by atoms with Gasteiger partial charge in [-0.3, -0.25) is 0 Å². The van der Waals surface area contributed by atoms with Gasteiger partial charge in [0.1, 0.15) is 0 Å². The fraction of sp³-hybridized carbons (Fsp3) is 0.143. The minimum absolute atomic E-state index is 0.144. The lowest BCUT2D eigenvalue weighted by Crippen LogP contribution is -2.13. The molecule has 1 aliphatic rings. The second-order valence-corrected chi connectivity index (χ2v) is 7.87. The van der Waals surface area contributed by atoms with E-state index in [1.54, 1.807) is 7.11 Å². The molecule has 2 nitrogen and oxygen atoms in total. The van der Waals surface area contributed by atoms with E-state index in [1.165, 1.54) is 27.8 Å². The van der Waals surface area contributed by atoms with Crippen LogP contribution in [-0.2, 0) is 0 Å². The van der Waals surface area contributed by atoms with Crippen molar-refractivity contribution in [2.45, 2.75) is 17.8 Å². The summed E-state index contributed by atoms with van der Waals surface area (Å²) in [6, 6.07) is 36.0. The van der Waals surface area contributed by atoms with E-state index in [4.69, 9.17) is 4.74 Å². The van der Waals surface area contributed by atoms with Crippen LogP contribution in [-0.4, -0.2) is 12.2 Å². The zero-order valence-electron chi connectivity index (χ0n) is 16.9. The number of rotatable bonds is 4. The van der Waals surface area contributed by atoms with Gasteiger partial charge in [0.25, 0.3) is 0 Å². The summed E-state index contributed by atoms with van der Waals surface area (Å²) in [7, 11) is 1.61. The molecule has 0 saturated carbocycles. The van der Waals surface area contributed by atoms with Gasteiger partial charge in [0.05, 0.1) is 7.11 Å². The molecule has 5 rings (SSSR count). The molecule has 0 radical (unpaired) electrons. The van der Waals surface area contributed by atoms with Crippen LogP contribution in [0.25, 0.3) is 0 Å². The number of phenolic OH excluding ortho intramolecular Hbond substituents is 1. The van der Waals surface area contributed by atoms with Gasteiger partial charge in [0.2, 0.25) is 0 Å². The quantitative estimate of drug-likeness (QED) is 0.432.